The maximum atomic E-state index is 5.53. The number of aromatic nitrogens is 1. The van der Waals surface area contributed by atoms with Gasteiger partial charge in [-0.1, -0.05) is 6.07 Å². The Labute approximate surface area is 90.7 Å². The van der Waals surface area contributed by atoms with Crippen molar-refractivity contribution in [2.45, 2.75) is 19.8 Å². The van der Waals surface area contributed by atoms with Crippen molar-refractivity contribution < 1.29 is 0 Å². The third-order valence-corrected chi connectivity index (χ3v) is 2.89. The van der Waals surface area contributed by atoms with Gasteiger partial charge in [-0.3, -0.25) is 0 Å². The molecule has 1 aromatic heterocycles. The van der Waals surface area contributed by atoms with E-state index in [-0.39, 0.29) is 0 Å². The van der Waals surface area contributed by atoms with Crippen molar-refractivity contribution in [1.82, 2.24) is 4.57 Å². The first-order valence-corrected chi connectivity index (χ1v) is 5.47. The average molecular weight is 202 g/mol. The van der Waals surface area contributed by atoms with Gasteiger partial charge in [0.1, 0.15) is 0 Å². The second-order valence-corrected chi connectivity index (χ2v) is 4.17. The van der Waals surface area contributed by atoms with Crippen molar-refractivity contribution in [3.63, 3.8) is 0 Å². The second kappa shape index (κ2) is 4.07. The molecule has 0 unspecified atom stereocenters. The largest absolute Gasteiger partial charge is 0.350 e. The Morgan fingerprint density at radius 1 is 1.33 bits per heavy atom. The predicted molar refractivity (Wildman–Crippen MR) is 65.0 cm³/mol. The number of rotatable bonds is 3. The molecule has 2 rings (SSSR count). The van der Waals surface area contributed by atoms with Crippen LogP contribution in [0.2, 0.25) is 0 Å². The van der Waals surface area contributed by atoms with Crippen molar-refractivity contribution in [3.05, 3.63) is 35.5 Å². The first-order chi connectivity index (χ1) is 7.22. The highest BCUT2D eigenvalue weighted by atomic mass is 14.9. The van der Waals surface area contributed by atoms with Gasteiger partial charge in [-0.25, -0.2) is 0 Å². The van der Waals surface area contributed by atoms with E-state index in [1.807, 2.05) is 0 Å². The number of nitrogens with zero attached hydrogens (tertiary/aromatic N) is 1. The van der Waals surface area contributed by atoms with Crippen LogP contribution >= 0.6 is 0 Å². The molecule has 0 spiro atoms. The van der Waals surface area contributed by atoms with E-state index in [0.29, 0.717) is 0 Å². The van der Waals surface area contributed by atoms with E-state index >= 15 is 0 Å². The van der Waals surface area contributed by atoms with Gasteiger partial charge in [0, 0.05) is 18.6 Å². The molecule has 15 heavy (non-hydrogen) atoms. The van der Waals surface area contributed by atoms with Crippen LogP contribution in [0.1, 0.15) is 17.5 Å². The van der Waals surface area contributed by atoms with Gasteiger partial charge in [-0.2, -0.15) is 0 Å². The molecule has 2 aromatic rings. The molecule has 80 valence electrons. The lowest BCUT2D eigenvalue weighted by Gasteiger charge is -2.05. The Kier molecular flexibility index (Phi) is 2.78. The topological polar surface area (TPSA) is 30.9 Å². The molecule has 0 fully saturated rings. The maximum absolute atomic E-state index is 5.53. The molecule has 0 atom stereocenters. The van der Waals surface area contributed by atoms with Gasteiger partial charge >= 0.3 is 0 Å². The highest BCUT2D eigenvalue weighted by Gasteiger charge is 2.03. The van der Waals surface area contributed by atoms with E-state index in [1.54, 1.807) is 0 Å². The number of hydrogen-bond donors (Lipinski definition) is 1. The molecule has 0 saturated carbocycles. The van der Waals surface area contributed by atoms with Crippen molar-refractivity contribution in [1.29, 1.82) is 0 Å². The molecule has 0 amide bonds. The number of hydrogen-bond acceptors (Lipinski definition) is 1. The number of fused-ring (bicyclic) bond motifs is 1. The average Bonchev–Trinajstić information content (AvgIpc) is 2.58. The summed E-state index contributed by atoms with van der Waals surface area (Å²) >= 11 is 0. The fraction of sp³-hybridized carbons (Fsp3) is 0.385. The SMILES string of the molecule is Cc1cc(CCCN)cc2ccn(C)c12. The molecule has 1 aromatic carbocycles. The van der Waals surface area contributed by atoms with Gasteiger partial charge < -0.3 is 10.3 Å². The van der Waals surface area contributed by atoms with Crippen LogP contribution in [0.25, 0.3) is 10.9 Å². The Hall–Kier alpha value is -1.28. The van der Waals surface area contributed by atoms with Crippen molar-refractivity contribution >= 4 is 10.9 Å². The molecule has 2 heteroatoms. The Morgan fingerprint density at radius 2 is 2.13 bits per heavy atom. The lowest BCUT2D eigenvalue weighted by Crippen LogP contribution is -2.00. The Morgan fingerprint density at radius 3 is 2.87 bits per heavy atom. The van der Waals surface area contributed by atoms with Crippen LogP contribution in [0.15, 0.2) is 24.4 Å². The second-order valence-electron chi connectivity index (χ2n) is 4.17. The first kappa shape index (κ1) is 10.2. The lowest BCUT2D eigenvalue weighted by atomic mass is 10.0. The fourth-order valence-corrected chi connectivity index (χ4v) is 2.21. The number of aryl methyl sites for hydroxylation is 3. The van der Waals surface area contributed by atoms with Gasteiger partial charge in [0.2, 0.25) is 0 Å². The zero-order valence-corrected chi connectivity index (χ0v) is 9.46. The summed E-state index contributed by atoms with van der Waals surface area (Å²) in [5, 5.41) is 1.34. The Bertz CT molecular complexity index is 469. The molecule has 0 aliphatic carbocycles. The molecular formula is C13H18N2. The molecule has 0 saturated heterocycles. The van der Waals surface area contributed by atoms with Crippen LogP contribution in [0.3, 0.4) is 0 Å². The van der Waals surface area contributed by atoms with Crippen molar-refractivity contribution in [2.24, 2.45) is 12.8 Å². The summed E-state index contributed by atoms with van der Waals surface area (Å²) in [7, 11) is 2.09. The third kappa shape index (κ3) is 1.90. The molecule has 0 aliphatic heterocycles. The Balaban J connectivity index is 2.44. The zero-order chi connectivity index (χ0) is 10.8. The smallest absolute Gasteiger partial charge is 0.0507 e. The minimum Gasteiger partial charge on any atom is -0.350 e. The summed E-state index contributed by atoms with van der Waals surface area (Å²) < 4.78 is 2.18. The summed E-state index contributed by atoms with van der Waals surface area (Å²) in [4.78, 5) is 0. The van der Waals surface area contributed by atoms with Crippen LogP contribution in [-0.4, -0.2) is 11.1 Å². The molecule has 2 nitrogen and oxygen atoms in total. The van der Waals surface area contributed by atoms with E-state index in [4.69, 9.17) is 5.73 Å². The van der Waals surface area contributed by atoms with E-state index in [1.165, 1.54) is 22.0 Å². The van der Waals surface area contributed by atoms with Gasteiger partial charge in [0.05, 0.1) is 5.52 Å². The third-order valence-electron chi connectivity index (χ3n) is 2.89. The summed E-state index contributed by atoms with van der Waals surface area (Å²) in [6, 6.07) is 6.73. The van der Waals surface area contributed by atoms with Crippen LogP contribution < -0.4 is 5.73 Å². The highest BCUT2D eigenvalue weighted by molar-refractivity contribution is 5.84. The quantitative estimate of drug-likeness (QED) is 0.814. The van der Waals surface area contributed by atoms with Gasteiger partial charge in [-0.05, 0) is 49.6 Å². The lowest BCUT2D eigenvalue weighted by molar-refractivity contribution is 0.832. The zero-order valence-electron chi connectivity index (χ0n) is 9.46. The molecule has 2 N–H and O–H groups in total. The maximum Gasteiger partial charge on any atom is 0.0507 e. The number of nitrogens with two attached hydrogens (primary N) is 1. The number of benzene rings is 1. The molecule has 0 aliphatic rings. The minimum absolute atomic E-state index is 0.770. The predicted octanol–water partition coefficient (Wildman–Crippen LogP) is 2.38. The molecule has 0 bridgehead atoms. The summed E-state index contributed by atoms with van der Waals surface area (Å²) in [5.41, 5.74) is 9.62. The molecule has 0 radical (unpaired) electrons. The monoisotopic (exact) mass is 202 g/mol. The van der Waals surface area contributed by atoms with E-state index in [2.05, 4.69) is 42.9 Å². The standard InChI is InChI=1S/C13H18N2/c1-10-8-11(4-3-6-14)9-12-5-7-15(2)13(10)12/h5,7-9H,3-4,6,14H2,1-2H3. The summed E-state index contributed by atoms with van der Waals surface area (Å²) in [6.07, 6.45) is 4.27. The highest BCUT2D eigenvalue weighted by Crippen LogP contribution is 2.21. The van der Waals surface area contributed by atoms with E-state index in [9.17, 15) is 0 Å². The fourth-order valence-electron chi connectivity index (χ4n) is 2.21. The minimum atomic E-state index is 0.770. The normalized spacial score (nSPS) is 11.1. The summed E-state index contributed by atoms with van der Waals surface area (Å²) in [6.45, 7) is 2.94. The van der Waals surface area contributed by atoms with E-state index < -0.39 is 0 Å². The van der Waals surface area contributed by atoms with Crippen molar-refractivity contribution in [2.75, 3.05) is 6.54 Å². The summed E-state index contributed by atoms with van der Waals surface area (Å²) in [5.74, 6) is 0. The van der Waals surface area contributed by atoms with Crippen LogP contribution in [0, 0.1) is 6.92 Å². The molecular weight excluding hydrogens is 184 g/mol. The van der Waals surface area contributed by atoms with Gasteiger partial charge in [0.15, 0.2) is 0 Å². The van der Waals surface area contributed by atoms with Crippen LogP contribution in [-0.2, 0) is 13.5 Å². The molecule has 1 heterocycles. The van der Waals surface area contributed by atoms with Crippen LogP contribution in [0.5, 0.6) is 0 Å². The van der Waals surface area contributed by atoms with Crippen LogP contribution in [0.4, 0.5) is 0 Å². The van der Waals surface area contributed by atoms with Gasteiger partial charge in [0.25, 0.3) is 0 Å². The van der Waals surface area contributed by atoms with Gasteiger partial charge in [-0.15, -0.1) is 0 Å². The first-order valence-electron chi connectivity index (χ1n) is 5.47. The van der Waals surface area contributed by atoms with Crippen molar-refractivity contribution in [3.8, 4) is 0 Å². The van der Waals surface area contributed by atoms with E-state index in [0.717, 1.165) is 19.4 Å².